The van der Waals surface area contributed by atoms with Crippen LogP contribution in [-0.4, -0.2) is 19.6 Å². The first kappa shape index (κ1) is 17.3. The molecule has 1 amide bonds. The summed E-state index contributed by atoms with van der Waals surface area (Å²) >= 11 is 0. The zero-order chi connectivity index (χ0) is 17.5. The Bertz CT molecular complexity index is 673. The van der Waals surface area contributed by atoms with Crippen molar-refractivity contribution < 1.29 is 14.3 Å². The van der Waals surface area contributed by atoms with E-state index in [4.69, 9.17) is 9.47 Å². The number of rotatable bonds is 6. The van der Waals surface area contributed by atoms with Crippen molar-refractivity contribution >= 4 is 11.6 Å². The number of hydrogen-bond acceptors (Lipinski definition) is 3. The largest absolute Gasteiger partial charge is 0.497 e. The third-order valence-electron chi connectivity index (χ3n) is 4.70. The maximum atomic E-state index is 12.0. The summed E-state index contributed by atoms with van der Waals surface area (Å²) in [7, 11) is 1.61. The molecule has 1 N–H and O–H groups in total. The van der Waals surface area contributed by atoms with Crippen molar-refractivity contribution in [3.05, 3.63) is 54.1 Å². The van der Waals surface area contributed by atoms with Crippen LogP contribution in [0.3, 0.4) is 0 Å². The Morgan fingerprint density at radius 3 is 2.24 bits per heavy atom. The highest BCUT2D eigenvalue weighted by molar-refractivity contribution is 5.91. The molecule has 3 rings (SSSR count). The normalized spacial score (nSPS) is 14.8. The lowest BCUT2D eigenvalue weighted by Crippen LogP contribution is -2.20. The highest BCUT2D eigenvalue weighted by Gasteiger charge is 2.15. The number of amides is 1. The molecule has 0 heterocycles. The van der Waals surface area contributed by atoms with Gasteiger partial charge in [-0.15, -0.1) is 0 Å². The summed E-state index contributed by atoms with van der Waals surface area (Å²) < 4.78 is 10.7. The lowest BCUT2D eigenvalue weighted by molar-refractivity contribution is -0.118. The number of hydrogen-bond donors (Lipinski definition) is 1. The van der Waals surface area contributed by atoms with E-state index in [1.54, 1.807) is 31.4 Å². The molecule has 132 valence electrons. The number of carbonyl (C=O) groups excluding carboxylic acids is 1. The second kappa shape index (κ2) is 8.56. The Morgan fingerprint density at radius 2 is 1.60 bits per heavy atom. The SMILES string of the molecule is COc1ccc(NC(=O)COc2ccc(C3CCCCC3)cc2)cc1. The van der Waals surface area contributed by atoms with E-state index < -0.39 is 0 Å². The summed E-state index contributed by atoms with van der Waals surface area (Å²) in [5.41, 5.74) is 2.11. The Kier molecular flexibility index (Phi) is 5.94. The van der Waals surface area contributed by atoms with Crippen LogP contribution in [-0.2, 0) is 4.79 Å². The van der Waals surface area contributed by atoms with Crippen LogP contribution >= 0.6 is 0 Å². The summed E-state index contributed by atoms with van der Waals surface area (Å²) in [6, 6.07) is 15.4. The zero-order valence-electron chi connectivity index (χ0n) is 14.7. The number of nitrogens with one attached hydrogen (secondary N) is 1. The van der Waals surface area contributed by atoms with E-state index in [2.05, 4.69) is 17.4 Å². The Morgan fingerprint density at radius 1 is 0.960 bits per heavy atom. The molecular formula is C21H25NO3. The van der Waals surface area contributed by atoms with Gasteiger partial charge in [0.2, 0.25) is 0 Å². The van der Waals surface area contributed by atoms with Crippen LogP contribution in [0, 0.1) is 0 Å². The fourth-order valence-electron chi connectivity index (χ4n) is 3.29. The monoisotopic (exact) mass is 339 g/mol. The molecule has 0 aromatic heterocycles. The second-order valence-electron chi connectivity index (χ2n) is 6.47. The van der Waals surface area contributed by atoms with Crippen LogP contribution in [0.25, 0.3) is 0 Å². The molecule has 0 aliphatic heterocycles. The average molecular weight is 339 g/mol. The van der Waals surface area contributed by atoms with Crippen molar-refractivity contribution in [3.8, 4) is 11.5 Å². The minimum Gasteiger partial charge on any atom is -0.497 e. The van der Waals surface area contributed by atoms with Gasteiger partial charge in [-0.05, 0) is 60.7 Å². The molecule has 25 heavy (non-hydrogen) atoms. The second-order valence-corrected chi connectivity index (χ2v) is 6.47. The first-order chi connectivity index (χ1) is 12.2. The maximum Gasteiger partial charge on any atom is 0.262 e. The lowest BCUT2D eigenvalue weighted by atomic mass is 9.84. The number of anilines is 1. The lowest BCUT2D eigenvalue weighted by Gasteiger charge is -2.22. The molecule has 0 atom stereocenters. The van der Waals surface area contributed by atoms with E-state index >= 15 is 0 Å². The number of benzene rings is 2. The van der Waals surface area contributed by atoms with Crippen LogP contribution in [0.4, 0.5) is 5.69 Å². The van der Waals surface area contributed by atoms with E-state index in [0.29, 0.717) is 5.92 Å². The molecule has 0 saturated heterocycles. The van der Waals surface area contributed by atoms with Crippen molar-refractivity contribution in [3.63, 3.8) is 0 Å². The summed E-state index contributed by atoms with van der Waals surface area (Å²) in [6.07, 6.45) is 6.58. The van der Waals surface area contributed by atoms with Crippen molar-refractivity contribution in [1.82, 2.24) is 0 Å². The van der Waals surface area contributed by atoms with Crippen LogP contribution in [0.15, 0.2) is 48.5 Å². The topological polar surface area (TPSA) is 47.6 Å². The molecular weight excluding hydrogens is 314 g/mol. The molecule has 0 spiro atoms. The summed E-state index contributed by atoms with van der Waals surface area (Å²) in [4.78, 5) is 12.0. The van der Waals surface area contributed by atoms with E-state index in [1.807, 2.05) is 12.1 Å². The average Bonchev–Trinajstić information content (AvgIpc) is 2.68. The zero-order valence-corrected chi connectivity index (χ0v) is 14.7. The number of methoxy groups -OCH3 is 1. The van der Waals surface area contributed by atoms with E-state index in [9.17, 15) is 4.79 Å². The van der Waals surface area contributed by atoms with Gasteiger partial charge in [0.05, 0.1) is 7.11 Å². The quantitative estimate of drug-likeness (QED) is 0.825. The molecule has 1 fully saturated rings. The van der Waals surface area contributed by atoms with Gasteiger partial charge < -0.3 is 14.8 Å². The van der Waals surface area contributed by atoms with Gasteiger partial charge in [-0.1, -0.05) is 31.4 Å². The number of carbonyl (C=O) groups is 1. The molecule has 2 aromatic rings. The molecule has 1 aliphatic carbocycles. The first-order valence-corrected chi connectivity index (χ1v) is 8.91. The highest BCUT2D eigenvalue weighted by Crippen LogP contribution is 2.33. The minimum absolute atomic E-state index is 0.00515. The molecule has 0 unspecified atom stereocenters. The number of ether oxygens (including phenoxy) is 2. The van der Waals surface area contributed by atoms with Crippen molar-refractivity contribution in [2.24, 2.45) is 0 Å². The Balaban J connectivity index is 1.47. The third-order valence-corrected chi connectivity index (χ3v) is 4.70. The predicted molar refractivity (Wildman–Crippen MR) is 99.4 cm³/mol. The van der Waals surface area contributed by atoms with E-state index in [0.717, 1.165) is 17.2 Å². The summed E-state index contributed by atoms with van der Waals surface area (Å²) in [5, 5.41) is 2.81. The van der Waals surface area contributed by atoms with E-state index in [1.165, 1.54) is 37.7 Å². The van der Waals surface area contributed by atoms with Crippen LogP contribution in [0.5, 0.6) is 11.5 Å². The smallest absolute Gasteiger partial charge is 0.262 e. The van der Waals surface area contributed by atoms with Gasteiger partial charge in [0.1, 0.15) is 11.5 Å². The summed E-state index contributed by atoms with van der Waals surface area (Å²) in [5.74, 6) is 1.99. The Labute approximate surface area is 149 Å². The fourth-order valence-corrected chi connectivity index (χ4v) is 3.29. The maximum absolute atomic E-state index is 12.0. The molecule has 4 heteroatoms. The third kappa shape index (κ3) is 4.99. The van der Waals surface area contributed by atoms with Crippen molar-refractivity contribution in [1.29, 1.82) is 0 Å². The molecule has 0 bridgehead atoms. The molecule has 1 saturated carbocycles. The fraction of sp³-hybridized carbons (Fsp3) is 0.381. The van der Waals surface area contributed by atoms with Gasteiger partial charge in [-0.25, -0.2) is 0 Å². The van der Waals surface area contributed by atoms with Crippen LogP contribution < -0.4 is 14.8 Å². The van der Waals surface area contributed by atoms with E-state index in [-0.39, 0.29) is 12.5 Å². The van der Waals surface area contributed by atoms with Gasteiger partial charge in [0, 0.05) is 5.69 Å². The standard InChI is InChI=1S/C21H25NO3/c1-24-19-13-9-18(10-14-19)22-21(23)15-25-20-11-7-17(8-12-20)16-5-3-2-4-6-16/h7-14,16H,2-6,15H2,1H3,(H,22,23). The van der Waals surface area contributed by atoms with Crippen molar-refractivity contribution in [2.45, 2.75) is 38.0 Å². The summed E-state index contributed by atoms with van der Waals surface area (Å²) in [6.45, 7) is -0.00515. The minimum atomic E-state index is -0.179. The van der Waals surface area contributed by atoms with Gasteiger partial charge >= 0.3 is 0 Å². The molecule has 1 aliphatic rings. The van der Waals surface area contributed by atoms with Crippen molar-refractivity contribution in [2.75, 3.05) is 19.0 Å². The first-order valence-electron chi connectivity index (χ1n) is 8.91. The predicted octanol–water partition coefficient (Wildman–Crippen LogP) is 4.76. The molecule has 2 aromatic carbocycles. The van der Waals surface area contributed by atoms with Gasteiger partial charge in [0.15, 0.2) is 6.61 Å². The molecule has 4 nitrogen and oxygen atoms in total. The Hall–Kier alpha value is -2.49. The van der Waals surface area contributed by atoms with Gasteiger partial charge in [0.25, 0.3) is 5.91 Å². The van der Waals surface area contributed by atoms with Crippen LogP contribution in [0.2, 0.25) is 0 Å². The highest BCUT2D eigenvalue weighted by atomic mass is 16.5. The van der Waals surface area contributed by atoms with Gasteiger partial charge in [-0.2, -0.15) is 0 Å². The van der Waals surface area contributed by atoms with Gasteiger partial charge in [-0.3, -0.25) is 4.79 Å². The molecule has 0 radical (unpaired) electrons. The van der Waals surface area contributed by atoms with Crippen LogP contribution in [0.1, 0.15) is 43.6 Å².